The van der Waals surface area contributed by atoms with Crippen molar-refractivity contribution in [2.75, 3.05) is 11.9 Å². The number of halogens is 1. The van der Waals surface area contributed by atoms with Crippen LogP contribution in [0.2, 0.25) is 0 Å². The summed E-state index contributed by atoms with van der Waals surface area (Å²) in [5, 5.41) is 2.80. The van der Waals surface area contributed by atoms with E-state index < -0.39 is 0 Å². The van der Waals surface area contributed by atoms with E-state index in [1.807, 2.05) is 25.1 Å². The first-order chi connectivity index (χ1) is 12.0. The quantitative estimate of drug-likeness (QED) is 0.759. The number of amides is 1. The van der Waals surface area contributed by atoms with E-state index in [2.05, 4.69) is 21.2 Å². The lowest BCUT2D eigenvalue weighted by Gasteiger charge is -2.53. The van der Waals surface area contributed by atoms with Crippen LogP contribution in [0.25, 0.3) is 0 Å². The molecule has 5 rings (SSSR count). The maximum absolute atomic E-state index is 12.6. The van der Waals surface area contributed by atoms with Crippen LogP contribution in [0, 0.1) is 36.5 Å². The molecule has 0 spiro atoms. The molecule has 25 heavy (non-hydrogen) atoms. The zero-order chi connectivity index (χ0) is 17.6. The van der Waals surface area contributed by atoms with Crippen molar-refractivity contribution in [2.45, 2.75) is 39.0 Å². The first-order valence-electron chi connectivity index (χ1n) is 9.22. The van der Waals surface area contributed by atoms with Gasteiger partial charge in [0.05, 0.1) is 11.6 Å². The largest absolute Gasteiger partial charge is 0.455 e. The highest BCUT2D eigenvalue weighted by atomic mass is 79.9. The number of hydrogen-bond acceptors (Lipinski definition) is 3. The van der Waals surface area contributed by atoms with Gasteiger partial charge in [0.2, 0.25) is 0 Å². The van der Waals surface area contributed by atoms with Crippen LogP contribution in [0.5, 0.6) is 0 Å². The van der Waals surface area contributed by atoms with Gasteiger partial charge in [-0.1, -0.05) is 6.07 Å². The van der Waals surface area contributed by atoms with Gasteiger partial charge in [0.1, 0.15) is 0 Å². The lowest BCUT2D eigenvalue weighted by molar-refractivity contribution is -0.164. The van der Waals surface area contributed by atoms with Gasteiger partial charge in [-0.3, -0.25) is 9.59 Å². The summed E-state index contributed by atoms with van der Waals surface area (Å²) in [5.74, 6) is 2.19. The van der Waals surface area contributed by atoms with E-state index in [9.17, 15) is 9.59 Å². The lowest BCUT2D eigenvalue weighted by atomic mass is 9.52. The molecule has 4 saturated carbocycles. The maximum atomic E-state index is 12.6. The number of ether oxygens (including phenoxy) is 1. The van der Waals surface area contributed by atoms with Crippen LogP contribution in [0.1, 0.15) is 37.7 Å². The van der Waals surface area contributed by atoms with Crippen LogP contribution in [0.3, 0.4) is 0 Å². The molecule has 4 aliphatic carbocycles. The molecule has 0 aromatic heterocycles. The van der Waals surface area contributed by atoms with Crippen molar-refractivity contribution in [3.8, 4) is 0 Å². The molecule has 0 saturated heterocycles. The molecule has 4 aliphatic rings. The molecule has 4 nitrogen and oxygen atoms in total. The Bertz CT molecular complexity index is 674. The molecular formula is C20H24BrNO3. The molecule has 1 aromatic carbocycles. The third kappa shape index (κ3) is 3.48. The van der Waals surface area contributed by atoms with Crippen molar-refractivity contribution in [3.63, 3.8) is 0 Å². The second-order valence-electron chi connectivity index (χ2n) is 8.10. The van der Waals surface area contributed by atoms with Gasteiger partial charge in [0, 0.05) is 4.47 Å². The molecule has 1 N–H and O–H groups in total. The Morgan fingerprint density at radius 2 is 1.76 bits per heavy atom. The predicted octanol–water partition coefficient (Wildman–Crippen LogP) is 4.31. The van der Waals surface area contributed by atoms with Crippen molar-refractivity contribution in [2.24, 2.45) is 29.6 Å². The third-order valence-corrected chi connectivity index (χ3v) is 6.90. The van der Waals surface area contributed by atoms with E-state index in [1.54, 1.807) is 0 Å². The monoisotopic (exact) mass is 405 g/mol. The standard InChI is InChI=1S/C20H24BrNO3/c1-11-2-3-17(16(21)4-11)22-18(23)10-25-20(24)19-14-6-12-5-13(8-14)9-15(19)7-12/h2-4,12-15,19H,5-10H2,1H3,(H,22,23). The average Bonchev–Trinajstić information content (AvgIpc) is 2.54. The number of carbonyl (C=O) groups is 2. The number of esters is 1. The molecule has 0 aliphatic heterocycles. The molecule has 0 radical (unpaired) electrons. The normalized spacial score (nSPS) is 32.5. The first kappa shape index (κ1) is 17.1. The summed E-state index contributed by atoms with van der Waals surface area (Å²) in [6.45, 7) is 1.78. The summed E-state index contributed by atoms with van der Waals surface area (Å²) < 4.78 is 6.23. The van der Waals surface area contributed by atoms with E-state index in [1.165, 1.54) is 32.1 Å². The van der Waals surface area contributed by atoms with Crippen LogP contribution >= 0.6 is 15.9 Å². The molecule has 0 atom stereocenters. The molecule has 1 amide bonds. The minimum absolute atomic E-state index is 0.0201. The van der Waals surface area contributed by atoms with Crippen molar-refractivity contribution in [1.29, 1.82) is 0 Å². The fraction of sp³-hybridized carbons (Fsp3) is 0.600. The van der Waals surface area contributed by atoms with Crippen molar-refractivity contribution < 1.29 is 14.3 Å². The van der Waals surface area contributed by atoms with Crippen molar-refractivity contribution in [1.82, 2.24) is 0 Å². The highest BCUT2D eigenvalue weighted by Crippen LogP contribution is 2.56. The number of nitrogens with one attached hydrogen (secondary N) is 1. The molecule has 134 valence electrons. The number of hydrogen-bond donors (Lipinski definition) is 1. The molecule has 4 bridgehead atoms. The first-order valence-corrected chi connectivity index (χ1v) is 10.0. The Morgan fingerprint density at radius 3 is 2.36 bits per heavy atom. The zero-order valence-corrected chi connectivity index (χ0v) is 16.1. The van der Waals surface area contributed by atoms with Gasteiger partial charge in [0.15, 0.2) is 6.61 Å². The van der Waals surface area contributed by atoms with Crippen LogP contribution in [-0.4, -0.2) is 18.5 Å². The summed E-state index contributed by atoms with van der Waals surface area (Å²) in [7, 11) is 0. The van der Waals surface area contributed by atoms with E-state index >= 15 is 0 Å². The number of aryl methyl sites for hydroxylation is 1. The molecule has 0 heterocycles. The van der Waals surface area contributed by atoms with Crippen molar-refractivity contribution in [3.05, 3.63) is 28.2 Å². The summed E-state index contributed by atoms with van der Waals surface area (Å²) in [5.41, 5.74) is 1.81. The van der Waals surface area contributed by atoms with E-state index in [-0.39, 0.29) is 24.4 Å². The van der Waals surface area contributed by atoms with E-state index in [0.29, 0.717) is 17.5 Å². The average molecular weight is 406 g/mol. The Labute approximate surface area is 156 Å². The number of rotatable bonds is 4. The highest BCUT2D eigenvalue weighted by molar-refractivity contribution is 9.10. The van der Waals surface area contributed by atoms with Gasteiger partial charge in [-0.2, -0.15) is 0 Å². The maximum Gasteiger partial charge on any atom is 0.310 e. The topological polar surface area (TPSA) is 55.4 Å². The van der Waals surface area contributed by atoms with Gasteiger partial charge >= 0.3 is 5.97 Å². The minimum Gasteiger partial charge on any atom is -0.455 e. The number of anilines is 1. The van der Waals surface area contributed by atoms with Gasteiger partial charge < -0.3 is 10.1 Å². The van der Waals surface area contributed by atoms with Crippen LogP contribution < -0.4 is 5.32 Å². The molecule has 4 fully saturated rings. The highest BCUT2D eigenvalue weighted by Gasteiger charge is 2.51. The van der Waals surface area contributed by atoms with Gasteiger partial charge in [-0.25, -0.2) is 0 Å². The van der Waals surface area contributed by atoms with Gasteiger partial charge in [-0.15, -0.1) is 0 Å². The molecule has 0 unspecified atom stereocenters. The Hall–Kier alpha value is -1.36. The van der Waals surface area contributed by atoms with Crippen LogP contribution in [0.4, 0.5) is 5.69 Å². The third-order valence-electron chi connectivity index (χ3n) is 6.24. The smallest absolute Gasteiger partial charge is 0.310 e. The van der Waals surface area contributed by atoms with Gasteiger partial charge in [-0.05, 0) is 96.3 Å². The zero-order valence-electron chi connectivity index (χ0n) is 14.5. The summed E-state index contributed by atoms with van der Waals surface area (Å²) in [4.78, 5) is 24.7. The summed E-state index contributed by atoms with van der Waals surface area (Å²) >= 11 is 3.44. The predicted molar refractivity (Wildman–Crippen MR) is 99.0 cm³/mol. The Balaban J connectivity index is 1.32. The molecule has 5 heteroatoms. The second-order valence-corrected chi connectivity index (χ2v) is 8.95. The van der Waals surface area contributed by atoms with Crippen LogP contribution in [0.15, 0.2) is 22.7 Å². The summed E-state index contributed by atoms with van der Waals surface area (Å²) in [6, 6.07) is 5.72. The summed E-state index contributed by atoms with van der Waals surface area (Å²) in [6.07, 6.45) is 6.07. The SMILES string of the molecule is Cc1ccc(NC(=O)COC(=O)C2C3CC4CC(C3)CC2C4)c(Br)c1. The number of benzene rings is 1. The second kappa shape index (κ2) is 6.75. The molecular weight excluding hydrogens is 382 g/mol. The molecule has 1 aromatic rings. The fourth-order valence-corrected chi connectivity index (χ4v) is 6.04. The van der Waals surface area contributed by atoms with Gasteiger partial charge in [0.25, 0.3) is 5.91 Å². The van der Waals surface area contributed by atoms with E-state index in [4.69, 9.17) is 4.74 Å². The number of carbonyl (C=O) groups excluding carboxylic acids is 2. The van der Waals surface area contributed by atoms with E-state index in [0.717, 1.165) is 21.9 Å². The fourth-order valence-electron chi connectivity index (χ4n) is 5.45. The lowest BCUT2D eigenvalue weighted by Crippen LogP contribution is -2.48. The Kier molecular flexibility index (Phi) is 4.61. The van der Waals surface area contributed by atoms with Crippen molar-refractivity contribution >= 4 is 33.5 Å². The van der Waals surface area contributed by atoms with Crippen LogP contribution in [-0.2, 0) is 14.3 Å². The Morgan fingerprint density at radius 1 is 1.12 bits per heavy atom. The minimum atomic E-state index is -0.290.